The lowest BCUT2D eigenvalue weighted by Crippen LogP contribution is -2.47. The maximum Gasteiger partial charge on any atom is 0.320 e. The number of rotatable bonds is 4. The minimum Gasteiger partial charge on any atom is -0.465 e. The molecular formula is C23H23ClF2N2O3. The number of anilines is 1. The molecule has 2 aliphatic rings. The Kier molecular flexibility index (Phi) is 5.99. The van der Waals surface area contributed by atoms with Gasteiger partial charge in [-0.1, -0.05) is 17.7 Å². The molecule has 1 fully saturated rings. The van der Waals surface area contributed by atoms with E-state index in [0.29, 0.717) is 49.8 Å². The SMILES string of the molecule is CCOC(=O)CN1CCC2(CC1)CN(C(=O)c1cccc(F)c1F)c1ccc(Cl)cc12. The van der Waals surface area contributed by atoms with E-state index in [-0.39, 0.29) is 23.5 Å². The van der Waals surface area contributed by atoms with E-state index >= 15 is 0 Å². The molecule has 5 nitrogen and oxygen atoms in total. The van der Waals surface area contributed by atoms with Crippen LogP contribution in [0.3, 0.4) is 0 Å². The summed E-state index contributed by atoms with van der Waals surface area (Å²) in [4.78, 5) is 28.6. The Morgan fingerprint density at radius 3 is 2.61 bits per heavy atom. The molecule has 2 heterocycles. The molecule has 0 N–H and O–H groups in total. The first kappa shape index (κ1) is 21.7. The molecule has 31 heavy (non-hydrogen) atoms. The van der Waals surface area contributed by atoms with E-state index < -0.39 is 17.5 Å². The summed E-state index contributed by atoms with van der Waals surface area (Å²) in [7, 11) is 0. The highest BCUT2D eigenvalue weighted by Gasteiger charge is 2.47. The van der Waals surface area contributed by atoms with Crippen LogP contribution in [0.2, 0.25) is 5.02 Å². The van der Waals surface area contributed by atoms with Crippen LogP contribution >= 0.6 is 11.6 Å². The van der Waals surface area contributed by atoms with Gasteiger partial charge in [-0.3, -0.25) is 14.5 Å². The van der Waals surface area contributed by atoms with Gasteiger partial charge in [0.15, 0.2) is 11.6 Å². The molecule has 164 valence electrons. The highest BCUT2D eigenvalue weighted by molar-refractivity contribution is 6.30. The third-order valence-electron chi connectivity index (χ3n) is 6.18. The van der Waals surface area contributed by atoms with Crippen LogP contribution in [0, 0.1) is 11.6 Å². The van der Waals surface area contributed by atoms with Gasteiger partial charge in [-0.25, -0.2) is 8.78 Å². The van der Waals surface area contributed by atoms with Crippen molar-refractivity contribution < 1.29 is 23.1 Å². The fourth-order valence-electron chi connectivity index (χ4n) is 4.59. The summed E-state index contributed by atoms with van der Waals surface area (Å²) in [5.41, 5.74) is 0.945. The number of amides is 1. The van der Waals surface area contributed by atoms with Crippen LogP contribution in [0.5, 0.6) is 0 Å². The van der Waals surface area contributed by atoms with E-state index in [1.807, 2.05) is 11.0 Å². The number of halogens is 3. The highest BCUT2D eigenvalue weighted by atomic mass is 35.5. The molecule has 2 aromatic rings. The third kappa shape index (κ3) is 4.04. The van der Waals surface area contributed by atoms with Crippen molar-refractivity contribution >= 4 is 29.2 Å². The van der Waals surface area contributed by atoms with Crippen LogP contribution in [0.4, 0.5) is 14.5 Å². The Bertz CT molecular complexity index is 1020. The predicted molar refractivity (Wildman–Crippen MR) is 113 cm³/mol. The number of piperidine rings is 1. The van der Waals surface area contributed by atoms with Crippen LogP contribution in [0.15, 0.2) is 36.4 Å². The van der Waals surface area contributed by atoms with Gasteiger partial charge in [0.2, 0.25) is 0 Å². The van der Waals surface area contributed by atoms with E-state index in [1.54, 1.807) is 19.1 Å². The lowest BCUT2D eigenvalue weighted by molar-refractivity contribution is -0.144. The smallest absolute Gasteiger partial charge is 0.320 e. The van der Waals surface area contributed by atoms with E-state index in [2.05, 4.69) is 0 Å². The maximum absolute atomic E-state index is 14.3. The summed E-state index contributed by atoms with van der Waals surface area (Å²) >= 11 is 6.26. The lowest BCUT2D eigenvalue weighted by atomic mass is 9.74. The van der Waals surface area contributed by atoms with Crippen LogP contribution in [-0.2, 0) is 14.9 Å². The van der Waals surface area contributed by atoms with Crippen molar-refractivity contribution in [2.24, 2.45) is 0 Å². The van der Waals surface area contributed by atoms with Crippen LogP contribution in [0.25, 0.3) is 0 Å². The lowest BCUT2D eigenvalue weighted by Gasteiger charge is -2.39. The van der Waals surface area contributed by atoms with Crippen molar-refractivity contribution in [1.29, 1.82) is 0 Å². The van der Waals surface area contributed by atoms with Gasteiger partial charge < -0.3 is 9.64 Å². The van der Waals surface area contributed by atoms with Crippen LogP contribution in [0.1, 0.15) is 35.7 Å². The molecule has 0 aliphatic carbocycles. The fourth-order valence-corrected chi connectivity index (χ4v) is 4.76. The third-order valence-corrected chi connectivity index (χ3v) is 6.41. The molecule has 2 aliphatic heterocycles. The molecule has 0 aromatic heterocycles. The van der Waals surface area contributed by atoms with Gasteiger partial charge in [0.1, 0.15) is 0 Å². The van der Waals surface area contributed by atoms with Gasteiger partial charge in [-0.15, -0.1) is 0 Å². The zero-order valence-corrected chi connectivity index (χ0v) is 17.9. The van der Waals surface area contributed by atoms with Gasteiger partial charge in [0, 0.05) is 22.7 Å². The summed E-state index contributed by atoms with van der Waals surface area (Å²) in [5.74, 6) is -3.03. The average Bonchev–Trinajstić information content (AvgIpc) is 3.05. The van der Waals surface area contributed by atoms with Gasteiger partial charge >= 0.3 is 5.97 Å². The second kappa shape index (κ2) is 8.55. The molecule has 0 atom stereocenters. The Morgan fingerprint density at radius 2 is 1.90 bits per heavy atom. The number of ether oxygens (including phenoxy) is 1. The molecule has 0 saturated carbocycles. The molecule has 1 amide bonds. The second-order valence-corrected chi connectivity index (χ2v) is 8.45. The summed E-state index contributed by atoms with van der Waals surface area (Å²) < 4.78 is 33.1. The van der Waals surface area contributed by atoms with Gasteiger partial charge in [0.05, 0.1) is 18.7 Å². The second-order valence-electron chi connectivity index (χ2n) is 8.02. The van der Waals surface area contributed by atoms with Crippen molar-refractivity contribution in [3.63, 3.8) is 0 Å². The Hall–Kier alpha value is -2.51. The predicted octanol–water partition coefficient (Wildman–Crippen LogP) is 4.18. The molecule has 0 unspecified atom stereocenters. The number of fused-ring (bicyclic) bond motifs is 2. The molecule has 0 bridgehead atoms. The molecule has 0 radical (unpaired) electrons. The van der Waals surface area contributed by atoms with E-state index in [0.717, 1.165) is 11.6 Å². The van der Waals surface area contributed by atoms with Crippen molar-refractivity contribution in [2.45, 2.75) is 25.2 Å². The highest BCUT2D eigenvalue weighted by Crippen LogP contribution is 2.48. The van der Waals surface area contributed by atoms with E-state index in [1.165, 1.54) is 17.0 Å². The first-order valence-electron chi connectivity index (χ1n) is 10.3. The fraction of sp³-hybridized carbons (Fsp3) is 0.391. The normalized spacial score (nSPS) is 17.6. The summed E-state index contributed by atoms with van der Waals surface area (Å²) in [6, 6.07) is 8.92. The van der Waals surface area contributed by atoms with Gasteiger partial charge in [0.25, 0.3) is 5.91 Å². The molecule has 1 spiro atoms. The Balaban J connectivity index is 1.61. The van der Waals surface area contributed by atoms with Crippen molar-refractivity contribution in [2.75, 3.05) is 37.7 Å². The zero-order valence-electron chi connectivity index (χ0n) is 17.2. The van der Waals surface area contributed by atoms with Crippen LogP contribution in [-0.4, -0.2) is 49.6 Å². The number of hydrogen-bond acceptors (Lipinski definition) is 4. The molecular weight excluding hydrogens is 426 g/mol. The largest absolute Gasteiger partial charge is 0.465 e. The Labute approximate surface area is 184 Å². The topological polar surface area (TPSA) is 49.9 Å². The van der Waals surface area contributed by atoms with E-state index in [4.69, 9.17) is 16.3 Å². The van der Waals surface area contributed by atoms with Crippen molar-refractivity contribution in [3.8, 4) is 0 Å². The van der Waals surface area contributed by atoms with Crippen LogP contribution < -0.4 is 4.90 Å². The summed E-state index contributed by atoms with van der Waals surface area (Å²) in [6.07, 6.45) is 1.41. The maximum atomic E-state index is 14.3. The van der Waals surface area contributed by atoms with Gasteiger partial charge in [-0.2, -0.15) is 0 Å². The zero-order chi connectivity index (χ0) is 22.2. The minimum atomic E-state index is -1.15. The first-order chi connectivity index (χ1) is 14.8. The molecule has 4 rings (SSSR count). The van der Waals surface area contributed by atoms with E-state index in [9.17, 15) is 18.4 Å². The Morgan fingerprint density at radius 1 is 1.16 bits per heavy atom. The summed E-state index contributed by atoms with van der Waals surface area (Å²) in [5, 5.41) is 0.554. The van der Waals surface area contributed by atoms with Gasteiger partial charge in [-0.05, 0) is 68.8 Å². The summed E-state index contributed by atoms with van der Waals surface area (Å²) in [6.45, 7) is 4.00. The number of nitrogens with zero attached hydrogens (tertiary/aromatic N) is 2. The minimum absolute atomic E-state index is 0.226. The molecule has 8 heteroatoms. The average molecular weight is 449 g/mol. The monoisotopic (exact) mass is 448 g/mol. The number of benzene rings is 2. The number of esters is 1. The number of carbonyl (C=O) groups excluding carboxylic acids is 2. The quantitative estimate of drug-likeness (QED) is 0.658. The number of hydrogen-bond donors (Lipinski definition) is 0. The number of carbonyl (C=O) groups is 2. The number of likely N-dealkylation sites (tertiary alicyclic amines) is 1. The molecule has 2 aromatic carbocycles. The first-order valence-corrected chi connectivity index (χ1v) is 10.7. The van der Waals surface area contributed by atoms with Crippen molar-refractivity contribution in [1.82, 2.24) is 4.90 Å². The molecule has 1 saturated heterocycles. The van der Waals surface area contributed by atoms with Crippen molar-refractivity contribution in [3.05, 3.63) is 64.2 Å². The standard InChI is InChI=1S/C23H23ClF2N2O3/c1-2-31-20(29)13-27-10-8-23(9-11-27)14-28(19-7-6-15(24)12-17(19)23)22(30)16-4-3-5-18(25)21(16)26/h3-7,12H,2,8-11,13-14H2,1H3.